The highest BCUT2D eigenvalue weighted by Crippen LogP contribution is 2.34. The highest BCUT2D eigenvalue weighted by molar-refractivity contribution is 5.78. The van der Waals surface area contributed by atoms with Gasteiger partial charge in [-0.3, -0.25) is 0 Å². The van der Waals surface area contributed by atoms with Crippen molar-refractivity contribution >= 4 is 5.57 Å². The Morgan fingerprint density at radius 1 is 1.33 bits per heavy atom. The van der Waals surface area contributed by atoms with E-state index < -0.39 is 0 Å². The molecule has 0 radical (unpaired) electrons. The summed E-state index contributed by atoms with van der Waals surface area (Å²) in [5, 5.41) is 8.80. The monoisotopic (exact) mass is 201 g/mol. The summed E-state index contributed by atoms with van der Waals surface area (Å²) >= 11 is 0. The van der Waals surface area contributed by atoms with Gasteiger partial charge in [0.15, 0.2) is 11.5 Å². The molecule has 1 aliphatic rings. The van der Waals surface area contributed by atoms with Crippen LogP contribution in [0.5, 0.6) is 11.5 Å². The highest BCUT2D eigenvalue weighted by Gasteiger charge is 2.15. The quantitative estimate of drug-likeness (QED) is 0.655. The Hall–Kier alpha value is -1.95. The van der Waals surface area contributed by atoms with E-state index >= 15 is 0 Å². The average molecular weight is 201 g/mol. The molecule has 0 saturated carbocycles. The summed E-state index contributed by atoms with van der Waals surface area (Å²) in [6, 6.07) is 5.73. The van der Waals surface area contributed by atoms with E-state index in [4.69, 9.17) is 14.7 Å². The number of benzene rings is 1. The number of ether oxygens (including phenoxy) is 2. The third kappa shape index (κ3) is 1.66. The predicted octanol–water partition coefficient (Wildman–Crippen LogP) is 2.30. The summed E-state index contributed by atoms with van der Waals surface area (Å²) in [7, 11) is 0. The van der Waals surface area contributed by atoms with Gasteiger partial charge in [0.1, 0.15) is 13.2 Å². The lowest BCUT2D eigenvalue weighted by Crippen LogP contribution is -2.15. The number of rotatable bonds is 1. The number of hydrogen-bond donors (Lipinski definition) is 0. The Morgan fingerprint density at radius 2 is 1.93 bits per heavy atom. The molecule has 0 aliphatic carbocycles. The minimum absolute atomic E-state index is 0.449. The van der Waals surface area contributed by atoms with E-state index in [2.05, 4.69) is 6.58 Å². The minimum Gasteiger partial charge on any atom is -0.486 e. The molecule has 0 aromatic heterocycles. The molecule has 1 aromatic carbocycles. The summed E-state index contributed by atoms with van der Waals surface area (Å²) in [5.74, 6) is 1.44. The second-order valence-corrected chi connectivity index (χ2v) is 3.40. The van der Waals surface area contributed by atoms with Gasteiger partial charge in [-0.15, -0.1) is 0 Å². The van der Waals surface area contributed by atoms with Gasteiger partial charge in [-0.1, -0.05) is 6.58 Å². The Morgan fingerprint density at radius 3 is 2.53 bits per heavy atom. The maximum atomic E-state index is 8.80. The van der Waals surface area contributed by atoms with Crippen molar-refractivity contribution in [1.82, 2.24) is 0 Å². The summed E-state index contributed by atoms with van der Waals surface area (Å²) in [4.78, 5) is 0. The third-order valence-electron chi connectivity index (χ3n) is 2.35. The molecule has 76 valence electrons. The Bertz CT molecular complexity index is 457. The lowest BCUT2D eigenvalue weighted by Gasteiger charge is -2.20. The third-order valence-corrected chi connectivity index (χ3v) is 2.35. The summed E-state index contributed by atoms with van der Waals surface area (Å²) in [5.41, 5.74) is 2.25. The van der Waals surface area contributed by atoms with Gasteiger partial charge >= 0.3 is 0 Å². The first-order valence-electron chi connectivity index (χ1n) is 4.72. The molecule has 1 heterocycles. The SMILES string of the molecule is C=C(C#N)c1cc2c(cc1C)OCCO2. The number of hydrogen-bond acceptors (Lipinski definition) is 3. The molecule has 0 unspecified atom stereocenters. The molecule has 0 saturated heterocycles. The van der Waals surface area contributed by atoms with Crippen molar-refractivity contribution in [2.45, 2.75) is 6.92 Å². The van der Waals surface area contributed by atoms with Gasteiger partial charge in [0.05, 0.1) is 11.6 Å². The van der Waals surface area contributed by atoms with Crippen molar-refractivity contribution in [2.24, 2.45) is 0 Å². The Labute approximate surface area is 88.5 Å². The predicted molar refractivity (Wildman–Crippen MR) is 56.8 cm³/mol. The zero-order chi connectivity index (χ0) is 10.8. The number of aryl methyl sites for hydroxylation is 1. The van der Waals surface area contributed by atoms with Crippen LogP contribution >= 0.6 is 0 Å². The molecular formula is C12H11NO2. The van der Waals surface area contributed by atoms with Crippen LogP contribution in [0.3, 0.4) is 0 Å². The van der Waals surface area contributed by atoms with Gasteiger partial charge in [0.2, 0.25) is 0 Å². The average Bonchev–Trinajstić information content (AvgIpc) is 2.27. The highest BCUT2D eigenvalue weighted by atomic mass is 16.6. The number of nitriles is 1. The molecule has 3 heteroatoms. The van der Waals surface area contributed by atoms with E-state index in [0.29, 0.717) is 24.5 Å². The molecule has 0 atom stereocenters. The molecule has 1 aromatic rings. The van der Waals surface area contributed by atoms with E-state index in [9.17, 15) is 0 Å². The second-order valence-electron chi connectivity index (χ2n) is 3.40. The van der Waals surface area contributed by atoms with Crippen LogP contribution in [0.2, 0.25) is 0 Å². The first-order valence-corrected chi connectivity index (χ1v) is 4.72. The molecule has 0 spiro atoms. The molecule has 0 N–H and O–H groups in total. The van der Waals surface area contributed by atoms with Crippen LogP contribution in [0, 0.1) is 18.3 Å². The van der Waals surface area contributed by atoms with Crippen molar-refractivity contribution < 1.29 is 9.47 Å². The largest absolute Gasteiger partial charge is 0.486 e. The Kier molecular flexibility index (Phi) is 2.34. The van der Waals surface area contributed by atoms with Crippen molar-refractivity contribution in [2.75, 3.05) is 13.2 Å². The second kappa shape index (κ2) is 3.66. The topological polar surface area (TPSA) is 42.2 Å². The zero-order valence-corrected chi connectivity index (χ0v) is 8.54. The molecule has 2 rings (SSSR count). The van der Waals surface area contributed by atoms with Crippen LogP contribution in [-0.2, 0) is 0 Å². The van der Waals surface area contributed by atoms with E-state index in [1.54, 1.807) is 0 Å². The van der Waals surface area contributed by atoms with E-state index in [1.807, 2.05) is 25.1 Å². The first-order chi connectivity index (χ1) is 7.22. The van der Waals surface area contributed by atoms with Crippen molar-refractivity contribution in [1.29, 1.82) is 5.26 Å². The standard InChI is InChI=1S/C12H11NO2/c1-8-5-11-12(15-4-3-14-11)6-10(8)9(2)7-13/h5-6H,2-4H2,1H3. The van der Waals surface area contributed by atoms with Crippen molar-refractivity contribution in [3.8, 4) is 17.6 Å². The van der Waals surface area contributed by atoms with Gasteiger partial charge < -0.3 is 9.47 Å². The van der Waals surface area contributed by atoms with Crippen LogP contribution in [0.15, 0.2) is 18.7 Å². The van der Waals surface area contributed by atoms with Crippen molar-refractivity contribution in [3.63, 3.8) is 0 Å². The van der Waals surface area contributed by atoms with Gasteiger partial charge in [0.25, 0.3) is 0 Å². The maximum absolute atomic E-state index is 8.80. The van der Waals surface area contributed by atoms with Crippen LogP contribution in [0.25, 0.3) is 5.57 Å². The van der Waals surface area contributed by atoms with Crippen LogP contribution in [0.1, 0.15) is 11.1 Å². The zero-order valence-electron chi connectivity index (χ0n) is 8.54. The minimum atomic E-state index is 0.449. The fourth-order valence-corrected chi connectivity index (χ4v) is 1.58. The lowest BCUT2D eigenvalue weighted by atomic mass is 10.0. The van der Waals surface area contributed by atoms with E-state index in [-0.39, 0.29) is 0 Å². The molecule has 0 bridgehead atoms. The van der Waals surface area contributed by atoms with Gasteiger partial charge in [-0.05, 0) is 30.2 Å². The fourth-order valence-electron chi connectivity index (χ4n) is 1.58. The smallest absolute Gasteiger partial charge is 0.162 e. The number of allylic oxidation sites excluding steroid dienone is 1. The molecule has 0 fully saturated rings. The molecule has 1 aliphatic heterocycles. The van der Waals surface area contributed by atoms with Gasteiger partial charge in [-0.25, -0.2) is 0 Å². The van der Waals surface area contributed by atoms with Gasteiger partial charge in [0, 0.05) is 0 Å². The van der Waals surface area contributed by atoms with Gasteiger partial charge in [-0.2, -0.15) is 5.26 Å². The van der Waals surface area contributed by atoms with Crippen molar-refractivity contribution in [3.05, 3.63) is 29.8 Å². The summed E-state index contributed by atoms with van der Waals surface area (Å²) in [6.07, 6.45) is 0. The number of nitrogens with zero attached hydrogens (tertiary/aromatic N) is 1. The first kappa shape index (κ1) is 9.60. The molecular weight excluding hydrogens is 190 g/mol. The summed E-state index contributed by atoms with van der Waals surface area (Å²) in [6.45, 7) is 6.75. The maximum Gasteiger partial charge on any atom is 0.162 e. The molecule has 0 amide bonds. The lowest BCUT2D eigenvalue weighted by molar-refractivity contribution is 0.171. The van der Waals surface area contributed by atoms with E-state index in [1.165, 1.54) is 0 Å². The van der Waals surface area contributed by atoms with Crippen LogP contribution in [0.4, 0.5) is 0 Å². The Balaban J connectivity index is 2.50. The summed E-state index contributed by atoms with van der Waals surface area (Å²) < 4.78 is 10.9. The van der Waals surface area contributed by atoms with E-state index in [0.717, 1.165) is 16.9 Å². The number of fused-ring (bicyclic) bond motifs is 1. The fraction of sp³-hybridized carbons (Fsp3) is 0.250. The normalized spacial score (nSPS) is 13.1. The van der Waals surface area contributed by atoms with Crippen LogP contribution < -0.4 is 9.47 Å². The molecule has 3 nitrogen and oxygen atoms in total. The molecule has 15 heavy (non-hydrogen) atoms. The van der Waals surface area contributed by atoms with Crippen LogP contribution in [-0.4, -0.2) is 13.2 Å².